The number of nitrogen functional groups attached to an aromatic ring is 1. The van der Waals surface area contributed by atoms with E-state index in [0.717, 1.165) is 17.2 Å². The molecule has 0 radical (unpaired) electrons. The molecule has 180 valence electrons. The molecule has 0 spiro atoms. The number of hydrogen-bond acceptors (Lipinski definition) is 6. The van der Waals surface area contributed by atoms with Crippen LogP contribution in [-0.4, -0.2) is 45.4 Å². The van der Waals surface area contributed by atoms with Gasteiger partial charge in [0.15, 0.2) is 5.82 Å². The maximum Gasteiger partial charge on any atom is 0.154 e. The molecule has 2 aromatic carbocycles. The highest BCUT2D eigenvalue weighted by Gasteiger charge is 2.28. The third kappa shape index (κ3) is 5.19. The summed E-state index contributed by atoms with van der Waals surface area (Å²) in [6.07, 6.45) is 7.27. The highest BCUT2D eigenvalue weighted by molar-refractivity contribution is 5.85. The van der Waals surface area contributed by atoms with Gasteiger partial charge in [0.25, 0.3) is 0 Å². The molecule has 0 atom stereocenters. The van der Waals surface area contributed by atoms with Gasteiger partial charge in [-0.1, -0.05) is 36.4 Å². The number of piperidine rings is 1. The van der Waals surface area contributed by atoms with Crippen LogP contribution in [0.3, 0.4) is 0 Å². The molecule has 6 nitrogen and oxygen atoms in total. The van der Waals surface area contributed by atoms with Crippen LogP contribution in [0, 0.1) is 0 Å². The van der Waals surface area contributed by atoms with Gasteiger partial charge in [0, 0.05) is 23.2 Å². The van der Waals surface area contributed by atoms with E-state index in [-0.39, 0.29) is 18.2 Å². The first kappa shape index (κ1) is 24.5. The number of nitrogens with zero attached hydrogens (tertiary/aromatic N) is 3. The number of anilines is 1. The van der Waals surface area contributed by atoms with Crippen LogP contribution in [0.2, 0.25) is 0 Å². The van der Waals surface area contributed by atoms with Gasteiger partial charge in [-0.15, -0.1) is 22.6 Å². The number of phenols is 1. The monoisotopic (exact) mass is 479 g/mol. The van der Waals surface area contributed by atoms with Gasteiger partial charge < -0.3 is 21.5 Å². The van der Waals surface area contributed by atoms with E-state index in [2.05, 4.69) is 39.4 Å². The van der Waals surface area contributed by atoms with E-state index in [1.807, 2.05) is 18.2 Å². The fraction of sp³-hybridized carbons (Fsp3) is 0.407. The van der Waals surface area contributed by atoms with Crippen molar-refractivity contribution in [2.75, 3.05) is 18.8 Å². The molecule has 1 aliphatic heterocycles. The second-order valence-corrected chi connectivity index (χ2v) is 9.55. The van der Waals surface area contributed by atoms with Crippen molar-refractivity contribution in [1.82, 2.24) is 15.1 Å². The molecule has 1 saturated heterocycles. The van der Waals surface area contributed by atoms with Crippen LogP contribution in [0.15, 0.2) is 54.6 Å². The van der Waals surface area contributed by atoms with E-state index in [1.54, 1.807) is 12.1 Å². The lowest BCUT2D eigenvalue weighted by Crippen LogP contribution is -2.44. The molecule has 7 heteroatoms. The molecular weight excluding hydrogens is 446 g/mol. The van der Waals surface area contributed by atoms with Crippen molar-refractivity contribution in [2.24, 2.45) is 5.73 Å². The van der Waals surface area contributed by atoms with Gasteiger partial charge in [0.1, 0.15) is 5.75 Å². The number of aromatic hydroxyl groups is 1. The molecule has 0 bridgehead atoms. The Hall–Kier alpha value is -2.67. The average Bonchev–Trinajstić information content (AvgIpc) is 2.86. The molecule has 2 aliphatic rings. The number of para-hydroxylation sites is 1. The zero-order valence-electron chi connectivity index (χ0n) is 19.4. The first-order valence-electron chi connectivity index (χ1n) is 12.1. The molecule has 2 fully saturated rings. The second-order valence-electron chi connectivity index (χ2n) is 9.55. The van der Waals surface area contributed by atoms with Crippen LogP contribution in [0.1, 0.15) is 50.0 Å². The second kappa shape index (κ2) is 10.7. The zero-order valence-corrected chi connectivity index (χ0v) is 20.3. The van der Waals surface area contributed by atoms with Crippen LogP contribution >= 0.6 is 12.4 Å². The summed E-state index contributed by atoms with van der Waals surface area (Å²) in [6.45, 7) is 2.36. The molecule has 5 rings (SSSR count). The van der Waals surface area contributed by atoms with E-state index in [1.165, 1.54) is 57.2 Å². The molecule has 0 amide bonds. The third-order valence-electron chi connectivity index (χ3n) is 7.48. The zero-order chi connectivity index (χ0) is 22.8. The average molecular weight is 480 g/mol. The summed E-state index contributed by atoms with van der Waals surface area (Å²) >= 11 is 0. The minimum Gasteiger partial charge on any atom is -0.507 e. The number of phenolic OH excluding ortho intramolecular Hbond substituents is 1. The largest absolute Gasteiger partial charge is 0.507 e. The Balaban J connectivity index is 0.00000274. The van der Waals surface area contributed by atoms with Gasteiger partial charge >= 0.3 is 0 Å². The molecule has 1 aliphatic carbocycles. The van der Waals surface area contributed by atoms with Crippen LogP contribution in [0.25, 0.3) is 22.4 Å². The third-order valence-corrected chi connectivity index (χ3v) is 7.48. The molecular formula is C27H34ClN5O. The molecule has 5 N–H and O–H groups in total. The summed E-state index contributed by atoms with van der Waals surface area (Å²) in [5, 5.41) is 18.5. The normalized spacial score (nSPS) is 21.7. The maximum absolute atomic E-state index is 10.2. The summed E-state index contributed by atoms with van der Waals surface area (Å²) in [4.78, 5) is 2.70. The van der Waals surface area contributed by atoms with E-state index < -0.39 is 0 Å². The van der Waals surface area contributed by atoms with Crippen LogP contribution in [0.5, 0.6) is 5.75 Å². The minimum absolute atomic E-state index is 0. The highest BCUT2D eigenvalue weighted by Crippen LogP contribution is 2.35. The van der Waals surface area contributed by atoms with Crippen molar-refractivity contribution >= 4 is 18.2 Å². The molecule has 1 aromatic heterocycles. The summed E-state index contributed by atoms with van der Waals surface area (Å²) in [6, 6.07) is 18.9. The lowest BCUT2D eigenvalue weighted by Gasteiger charge is -2.40. The topological polar surface area (TPSA) is 101 Å². The van der Waals surface area contributed by atoms with Gasteiger partial charge in [-0.25, -0.2) is 0 Å². The molecule has 1 saturated carbocycles. The van der Waals surface area contributed by atoms with Crippen molar-refractivity contribution in [2.45, 2.75) is 56.5 Å². The fourth-order valence-electron chi connectivity index (χ4n) is 5.45. The summed E-state index contributed by atoms with van der Waals surface area (Å²) in [5.41, 5.74) is 16.7. The Bertz CT molecular complexity index is 1090. The quantitative estimate of drug-likeness (QED) is 0.488. The van der Waals surface area contributed by atoms with Crippen molar-refractivity contribution in [3.05, 3.63) is 60.2 Å². The van der Waals surface area contributed by atoms with Crippen LogP contribution in [-0.2, 0) is 0 Å². The number of nitrogens with two attached hydrogens (primary N) is 2. The lowest BCUT2D eigenvalue weighted by molar-refractivity contribution is 0.117. The number of hydrogen-bond donors (Lipinski definition) is 3. The summed E-state index contributed by atoms with van der Waals surface area (Å²) in [5.74, 6) is 1.17. The van der Waals surface area contributed by atoms with E-state index in [4.69, 9.17) is 11.5 Å². The predicted octanol–water partition coefficient (Wildman–Crippen LogP) is 4.97. The van der Waals surface area contributed by atoms with Crippen molar-refractivity contribution in [1.29, 1.82) is 0 Å². The molecule has 34 heavy (non-hydrogen) atoms. The van der Waals surface area contributed by atoms with E-state index in [0.29, 0.717) is 29.0 Å². The Morgan fingerprint density at radius 3 is 2.18 bits per heavy atom. The van der Waals surface area contributed by atoms with Crippen LogP contribution in [0.4, 0.5) is 5.82 Å². The Labute approximate surface area is 207 Å². The lowest BCUT2D eigenvalue weighted by atomic mass is 9.85. The molecule has 0 unspecified atom stereocenters. The summed E-state index contributed by atoms with van der Waals surface area (Å²) in [7, 11) is 0. The Morgan fingerprint density at radius 2 is 1.50 bits per heavy atom. The van der Waals surface area contributed by atoms with Gasteiger partial charge in [0.2, 0.25) is 0 Å². The first-order valence-corrected chi connectivity index (χ1v) is 12.1. The Kier molecular flexibility index (Phi) is 7.71. The van der Waals surface area contributed by atoms with Crippen molar-refractivity contribution < 1.29 is 5.11 Å². The highest BCUT2D eigenvalue weighted by atomic mass is 35.5. The number of benzene rings is 2. The van der Waals surface area contributed by atoms with Gasteiger partial charge in [-0.2, -0.15) is 0 Å². The van der Waals surface area contributed by atoms with Crippen LogP contribution < -0.4 is 11.5 Å². The maximum atomic E-state index is 10.2. The minimum atomic E-state index is 0. The van der Waals surface area contributed by atoms with Crippen molar-refractivity contribution in [3.63, 3.8) is 0 Å². The fourth-order valence-corrected chi connectivity index (χ4v) is 5.45. The number of halogens is 1. The molecule has 3 aromatic rings. The van der Waals surface area contributed by atoms with Gasteiger partial charge in [-0.05, 0) is 86.9 Å². The number of likely N-dealkylation sites (tertiary alicyclic amines) is 1. The van der Waals surface area contributed by atoms with Gasteiger partial charge in [-0.3, -0.25) is 0 Å². The van der Waals surface area contributed by atoms with Gasteiger partial charge in [0.05, 0.1) is 5.69 Å². The SMILES string of the molecule is Cl.Nc1nnc(-c2ccccc2O)cc1-c1ccc(C2CCN(C3CCC(N)CC3)CC2)cc1. The number of aromatic nitrogens is 2. The first-order chi connectivity index (χ1) is 16.1. The van der Waals surface area contributed by atoms with E-state index >= 15 is 0 Å². The Morgan fingerprint density at radius 1 is 0.824 bits per heavy atom. The van der Waals surface area contributed by atoms with Crippen molar-refractivity contribution in [3.8, 4) is 28.1 Å². The number of rotatable bonds is 4. The smallest absolute Gasteiger partial charge is 0.154 e. The molecule has 2 heterocycles. The van der Waals surface area contributed by atoms with E-state index in [9.17, 15) is 5.11 Å². The summed E-state index contributed by atoms with van der Waals surface area (Å²) < 4.78 is 0. The predicted molar refractivity (Wildman–Crippen MR) is 140 cm³/mol. The standard InChI is InChI=1S/C27H33N5O.ClH/c28-21-9-11-22(12-10-21)32-15-13-19(14-16-32)18-5-7-20(8-6-18)24-17-25(30-31-27(24)29)23-3-1-2-4-26(23)33;/h1-8,17,19,21-22,33H,9-16,28H2,(H2,29,31);1H.